The second-order valence-electron chi connectivity index (χ2n) is 20.3. The smallest absolute Gasteiger partial charge is 0.268 e. The summed E-state index contributed by atoms with van der Waals surface area (Å²) in [4.78, 5) is 4.70. The molecule has 0 N–H and O–H groups in total. The Labute approximate surface area is 431 Å². The van der Waals surface area contributed by atoms with Crippen molar-refractivity contribution in [2.45, 2.75) is 86.0 Å². The summed E-state index contributed by atoms with van der Waals surface area (Å²) < 4.78 is 110. The third kappa shape index (κ3) is 8.74. The molecule has 0 aliphatic rings. The molecule has 0 aliphatic heterocycles. The number of benzene rings is 7. The van der Waals surface area contributed by atoms with Gasteiger partial charge < -0.3 is 13.9 Å². The number of imidazole rings is 1. The number of fused-ring (bicyclic) bond motifs is 4. The molecule has 0 fully saturated rings. The molecule has 68 heavy (non-hydrogen) atoms. The minimum absolute atomic E-state index is 0. The Balaban J connectivity index is 0.00000757. The minimum atomic E-state index is -0.494. The molecule has 3 aromatic heterocycles. The first-order chi connectivity index (χ1) is 36.6. The van der Waals surface area contributed by atoms with Crippen molar-refractivity contribution in [3.05, 3.63) is 199 Å². The van der Waals surface area contributed by atoms with E-state index in [4.69, 9.17) is 19.3 Å². The third-order valence-corrected chi connectivity index (χ3v) is 12.7. The monoisotopic (exact) mass is 1080 g/mol. The molecular weight excluding hydrogens is 1010 g/mol. The summed E-state index contributed by atoms with van der Waals surface area (Å²) in [6.07, 6.45) is 5.23. The summed E-state index contributed by atoms with van der Waals surface area (Å²) in [6, 6.07) is 31.0. The molecular formula is C62H58N4OPt-2. The number of hydrogen-bond acceptors (Lipinski definition) is 2. The van der Waals surface area contributed by atoms with Gasteiger partial charge in [-0.25, -0.2) is 4.98 Å². The zero-order valence-corrected chi connectivity index (χ0v) is 42.1. The Morgan fingerprint density at radius 2 is 1.31 bits per heavy atom. The number of nitrogens with zero attached hydrogens (tertiary/aromatic N) is 4. The van der Waals surface area contributed by atoms with Gasteiger partial charge in [0.25, 0.3) is 6.33 Å². The third-order valence-electron chi connectivity index (χ3n) is 12.7. The van der Waals surface area contributed by atoms with Crippen molar-refractivity contribution in [3.8, 4) is 50.9 Å². The number of hydrogen-bond donors (Lipinski definition) is 0. The van der Waals surface area contributed by atoms with Crippen molar-refractivity contribution < 1.29 is 45.4 Å². The van der Waals surface area contributed by atoms with Gasteiger partial charge in [0.05, 0.1) is 29.1 Å². The van der Waals surface area contributed by atoms with Gasteiger partial charge in [-0.05, 0) is 91.7 Å². The van der Waals surface area contributed by atoms with Gasteiger partial charge in [0.1, 0.15) is 5.82 Å². The van der Waals surface area contributed by atoms with Gasteiger partial charge in [-0.1, -0.05) is 184 Å². The molecule has 0 saturated heterocycles. The Morgan fingerprint density at radius 3 is 2.03 bits per heavy atom. The van der Waals surface area contributed by atoms with Crippen molar-refractivity contribution in [1.29, 1.82) is 0 Å². The molecule has 0 aliphatic carbocycles. The van der Waals surface area contributed by atoms with Gasteiger partial charge >= 0.3 is 0 Å². The van der Waals surface area contributed by atoms with Crippen LogP contribution in [0.5, 0.6) is 11.5 Å². The molecule has 0 radical (unpaired) electrons. The molecule has 344 valence electrons. The maximum Gasteiger partial charge on any atom is 0.268 e. The normalized spacial score (nSPS) is 14.9. The number of aromatic nitrogens is 4. The summed E-state index contributed by atoms with van der Waals surface area (Å²) in [5, 5.41) is 0.169. The summed E-state index contributed by atoms with van der Waals surface area (Å²) in [5.41, 5.74) is 7.16. The molecule has 10 rings (SSSR count). The topological polar surface area (TPSA) is 35.9 Å². The average molecular weight is 1080 g/mol. The van der Waals surface area contributed by atoms with E-state index in [0.29, 0.717) is 33.8 Å². The number of para-hydroxylation sites is 4. The van der Waals surface area contributed by atoms with Crippen LogP contribution in [0, 0.1) is 23.9 Å². The van der Waals surface area contributed by atoms with E-state index in [1.165, 1.54) is 0 Å². The van der Waals surface area contributed by atoms with Gasteiger partial charge in [0, 0.05) is 45.6 Å². The van der Waals surface area contributed by atoms with E-state index >= 15 is 0 Å². The zero-order valence-electron chi connectivity index (χ0n) is 50.8. The fraction of sp³-hybridized carbons (Fsp3) is 0.226. The van der Waals surface area contributed by atoms with E-state index in [0.717, 1.165) is 27.8 Å². The van der Waals surface area contributed by atoms with Crippen LogP contribution in [0.2, 0.25) is 0 Å². The Bertz CT molecular complexity index is 4070. The van der Waals surface area contributed by atoms with Crippen molar-refractivity contribution in [2.75, 3.05) is 0 Å². The van der Waals surface area contributed by atoms with Crippen LogP contribution in [-0.4, -0.2) is 14.1 Å². The first kappa shape index (κ1) is 34.7. The van der Waals surface area contributed by atoms with Crippen molar-refractivity contribution in [2.24, 2.45) is 5.41 Å². The molecule has 3 heterocycles. The number of ether oxygens (including phenoxy) is 1. The molecule has 7 aromatic carbocycles. The van der Waals surface area contributed by atoms with Crippen molar-refractivity contribution in [1.82, 2.24) is 14.1 Å². The van der Waals surface area contributed by atoms with E-state index in [2.05, 4.69) is 106 Å². The van der Waals surface area contributed by atoms with Crippen LogP contribution < -0.4 is 9.30 Å². The predicted molar refractivity (Wildman–Crippen MR) is 276 cm³/mol. The van der Waals surface area contributed by atoms with E-state index in [9.17, 15) is 5.48 Å². The largest absolute Gasteiger partial charge is 0.510 e. The average Bonchev–Trinajstić information content (AvgIpc) is 4.05. The van der Waals surface area contributed by atoms with Crippen molar-refractivity contribution in [3.63, 3.8) is 0 Å². The quantitative estimate of drug-likeness (QED) is 0.112. The summed E-state index contributed by atoms with van der Waals surface area (Å²) in [5.74, 6) is 0.403. The van der Waals surface area contributed by atoms with Crippen LogP contribution in [0.4, 0.5) is 0 Å². The minimum Gasteiger partial charge on any atom is -0.510 e. The molecule has 6 heteroatoms. The van der Waals surface area contributed by atoms with Crippen LogP contribution in [0.25, 0.3) is 72.3 Å². The molecule has 0 bridgehead atoms. The van der Waals surface area contributed by atoms with E-state index in [-0.39, 0.29) is 118 Å². The first-order valence-electron chi connectivity index (χ1n) is 28.1. The van der Waals surface area contributed by atoms with E-state index in [1.54, 1.807) is 33.5 Å². The summed E-state index contributed by atoms with van der Waals surface area (Å²) in [6.45, 7) is 21.5. The second kappa shape index (κ2) is 17.8. The second-order valence-corrected chi connectivity index (χ2v) is 20.3. The van der Waals surface area contributed by atoms with E-state index < -0.39 is 30.2 Å². The number of pyridine rings is 1. The van der Waals surface area contributed by atoms with Crippen LogP contribution in [0.1, 0.15) is 107 Å². The summed E-state index contributed by atoms with van der Waals surface area (Å²) >= 11 is 0. The van der Waals surface area contributed by atoms with Gasteiger partial charge in [-0.3, -0.25) is 4.57 Å². The molecule has 1 unspecified atom stereocenters. The van der Waals surface area contributed by atoms with Gasteiger partial charge in [0.15, 0.2) is 0 Å². The van der Waals surface area contributed by atoms with Crippen molar-refractivity contribution >= 4 is 32.8 Å². The van der Waals surface area contributed by atoms with Gasteiger partial charge in [-0.15, -0.1) is 29.6 Å². The standard InChI is InChI=1S/C62H58N4O.Pt/c1-41(60(2,3)4)43-32-33-63-58(36-43)66-54-27-15-14-24-52(54)53-31-30-49(39-57(53)66)67-48-23-18-22-47(38-48)64-40-65(56-29-17-16-28-55(56)64)59-50(42-20-12-11-13-21-42)25-19-26-51(59)44-34-45(61(5,6)7)37-46(35-44)62(8,9)10;/h11-37,41H,1-10H3;/q-2;/i11D,12D,13D,14D,15D,20D,21D,24D,27D,30D,31D;. The zero-order chi connectivity index (χ0) is 56.4. The molecule has 0 saturated carbocycles. The van der Waals surface area contributed by atoms with E-state index in [1.807, 2.05) is 59.2 Å². The summed E-state index contributed by atoms with van der Waals surface area (Å²) in [7, 11) is 0. The number of rotatable bonds is 8. The molecule has 10 aromatic rings. The first-order valence-corrected chi connectivity index (χ1v) is 22.6. The fourth-order valence-electron chi connectivity index (χ4n) is 8.49. The SMILES string of the molecule is [2H]c1c([2H])c([2H])c(-c2cccc(-c3cc(C(C)(C)C)cc(C(C)(C)C)c3)c2-[n+]2[c-]n(-c3[c-]c(Oc4[c-]c5c(c([2H])c4[2H])c4c([2H])c([2H])c([2H])c([2H])c4n5-c4cc(C(C)C(C)(C)C)ccn4)ccc3)c3ccccc32)c([2H])c1[2H].[Pt]. The Morgan fingerprint density at radius 1 is 0.632 bits per heavy atom. The Kier molecular flexibility index (Phi) is 9.10. The molecule has 0 spiro atoms. The molecule has 5 nitrogen and oxygen atoms in total. The maximum absolute atomic E-state index is 9.44. The predicted octanol–water partition coefficient (Wildman–Crippen LogP) is 15.7. The van der Waals surface area contributed by atoms with Crippen LogP contribution in [0.15, 0.2) is 164 Å². The van der Waals surface area contributed by atoms with Crippen LogP contribution in [0.3, 0.4) is 0 Å². The van der Waals surface area contributed by atoms with Crippen LogP contribution >= 0.6 is 0 Å². The fourth-order valence-corrected chi connectivity index (χ4v) is 8.49. The Hall–Kier alpha value is -6.55. The van der Waals surface area contributed by atoms with Gasteiger partial charge in [0.2, 0.25) is 0 Å². The molecule has 0 amide bonds. The maximum atomic E-state index is 9.44. The molecule has 1 atom stereocenters. The van der Waals surface area contributed by atoms with Crippen LogP contribution in [-0.2, 0) is 31.9 Å². The van der Waals surface area contributed by atoms with Gasteiger partial charge in [-0.2, -0.15) is 18.2 Å².